The van der Waals surface area contributed by atoms with Crippen molar-refractivity contribution in [2.75, 3.05) is 11.9 Å². The summed E-state index contributed by atoms with van der Waals surface area (Å²) in [4.78, 5) is 21.4. The number of hydrogen-bond acceptors (Lipinski definition) is 3. The number of benzene rings is 1. The molecule has 0 aromatic heterocycles. The molecule has 0 radical (unpaired) electrons. The SMILES string of the molecule is CCCNC(=O)Nc1cc([N+](=O)[O-])ccc1Cl. The fourth-order valence-corrected chi connectivity index (χ4v) is 1.29. The molecule has 7 heteroatoms. The summed E-state index contributed by atoms with van der Waals surface area (Å²) in [6.45, 7) is 2.44. The lowest BCUT2D eigenvalue weighted by atomic mass is 10.3. The summed E-state index contributed by atoms with van der Waals surface area (Å²) in [5, 5.41) is 15.8. The lowest BCUT2D eigenvalue weighted by molar-refractivity contribution is -0.384. The van der Waals surface area contributed by atoms with Gasteiger partial charge in [-0.25, -0.2) is 4.79 Å². The van der Waals surface area contributed by atoms with E-state index in [-0.39, 0.29) is 16.4 Å². The van der Waals surface area contributed by atoms with E-state index in [2.05, 4.69) is 10.6 Å². The molecule has 0 bridgehead atoms. The minimum Gasteiger partial charge on any atom is -0.338 e. The lowest BCUT2D eigenvalue weighted by Gasteiger charge is -2.07. The van der Waals surface area contributed by atoms with Crippen LogP contribution in [0.3, 0.4) is 0 Å². The second-order valence-corrected chi connectivity index (χ2v) is 3.71. The monoisotopic (exact) mass is 257 g/mol. The number of rotatable bonds is 4. The van der Waals surface area contributed by atoms with Crippen molar-refractivity contribution >= 4 is 29.0 Å². The van der Waals surface area contributed by atoms with E-state index in [4.69, 9.17) is 11.6 Å². The van der Waals surface area contributed by atoms with E-state index < -0.39 is 11.0 Å². The van der Waals surface area contributed by atoms with Crippen LogP contribution in [0.25, 0.3) is 0 Å². The Balaban J connectivity index is 2.79. The molecule has 92 valence electrons. The molecular formula is C10H12ClN3O3. The van der Waals surface area contributed by atoms with Crippen LogP contribution in [-0.2, 0) is 0 Å². The van der Waals surface area contributed by atoms with Gasteiger partial charge in [0.2, 0.25) is 0 Å². The van der Waals surface area contributed by atoms with Crippen molar-refractivity contribution in [1.29, 1.82) is 0 Å². The van der Waals surface area contributed by atoms with Gasteiger partial charge in [0.25, 0.3) is 5.69 Å². The standard InChI is InChI=1S/C10H12ClN3O3/c1-2-5-12-10(15)13-9-6-7(14(16)17)3-4-8(9)11/h3-4,6H,2,5H2,1H3,(H2,12,13,15). The number of nitrogens with zero attached hydrogens (tertiary/aromatic N) is 1. The van der Waals surface area contributed by atoms with E-state index in [0.29, 0.717) is 6.54 Å². The number of amides is 2. The molecule has 1 rings (SSSR count). The van der Waals surface area contributed by atoms with Gasteiger partial charge in [-0.3, -0.25) is 10.1 Å². The molecule has 0 heterocycles. The highest BCUT2D eigenvalue weighted by molar-refractivity contribution is 6.33. The van der Waals surface area contributed by atoms with Crippen molar-refractivity contribution in [3.8, 4) is 0 Å². The largest absolute Gasteiger partial charge is 0.338 e. The molecule has 1 aromatic carbocycles. The third-order valence-electron chi connectivity index (χ3n) is 1.94. The van der Waals surface area contributed by atoms with Gasteiger partial charge in [0, 0.05) is 18.7 Å². The number of anilines is 1. The zero-order valence-electron chi connectivity index (χ0n) is 9.20. The Bertz CT molecular complexity index is 437. The Kier molecular flexibility index (Phi) is 4.71. The average molecular weight is 258 g/mol. The number of halogens is 1. The second-order valence-electron chi connectivity index (χ2n) is 3.30. The highest BCUT2D eigenvalue weighted by Gasteiger charge is 2.11. The van der Waals surface area contributed by atoms with Gasteiger partial charge in [-0.2, -0.15) is 0 Å². The summed E-state index contributed by atoms with van der Waals surface area (Å²) in [5.74, 6) is 0. The van der Waals surface area contributed by atoms with Crippen LogP contribution in [0.5, 0.6) is 0 Å². The number of nitro groups is 1. The van der Waals surface area contributed by atoms with Gasteiger partial charge in [-0.05, 0) is 12.5 Å². The van der Waals surface area contributed by atoms with Gasteiger partial charge in [0.15, 0.2) is 0 Å². The second kappa shape index (κ2) is 6.05. The number of nitro benzene ring substituents is 1. The number of urea groups is 1. The molecule has 6 nitrogen and oxygen atoms in total. The summed E-state index contributed by atoms with van der Waals surface area (Å²) in [5.41, 5.74) is 0.0923. The third kappa shape index (κ3) is 3.92. The molecular weight excluding hydrogens is 246 g/mol. The molecule has 2 amide bonds. The van der Waals surface area contributed by atoms with Crippen LogP contribution in [0.15, 0.2) is 18.2 Å². The van der Waals surface area contributed by atoms with Crippen LogP contribution in [0.4, 0.5) is 16.2 Å². The topological polar surface area (TPSA) is 84.3 Å². The minimum absolute atomic E-state index is 0.125. The molecule has 0 saturated heterocycles. The first-order valence-electron chi connectivity index (χ1n) is 5.03. The van der Waals surface area contributed by atoms with Gasteiger partial charge in [-0.15, -0.1) is 0 Å². The van der Waals surface area contributed by atoms with Crippen LogP contribution in [0.1, 0.15) is 13.3 Å². The Morgan fingerprint density at radius 3 is 2.82 bits per heavy atom. The number of carbonyl (C=O) groups is 1. The minimum atomic E-state index is -0.550. The normalized spacial score (nSPS) is 9.76. The maximum atomic E-state index is 11.4. The van der Waals surface area contributed by atoms with Crippen LogP contribution in [0, 0.1) is 10.1 Å². The van der Waals surface area contributed by atoms with Gasteiger partial charge in [-0.1, -0.05) is 18.5 Å². The smallest absolute Gasteiger partial charge is 0.319 e. The van der Waals surface area contributed by atoms with Crippen LogP contribution < -0.4 is 10.6 Å². The fourth-order valence-electron chi connectivity index (χ4n) is 1.13. The Morgan fingerprint density at radius 2 is 2.24 bits per heavy atom. The molecule has 0 aliphatic rings. The molecule has 0 aliphatic heterocycles. The van der Waals surface area contributed by atoms with Crippen molar-refractivity contribution in [3.05, 3.63) is 33.3 Å². The highest BCUT2D eigenvalue weighted by Crippen LogP contribution is 2.26. The van der Waals surface area contributed by atoms with Gasteiger partial charge in [0.05, 0.1) is 15.6 Å². The lowest BCUT2D eigenvalue weighted by Crippen LogP contribution is -2.29. The van der Waals surface area contributed by atoms with E-state index >= 15 is 0 Å². The highest BCUT2D eigenvalue weighted by atomic mass is 35.5. The Morgan fingerprint density at radius 1 is 1.53 bits per heavy atom. The first-order chi connectivity index (χ1) is 8.04. The zero-order valence-corrected chi connectivity index (χ0v) is 9.95. The summed E-state index contributed by atoms with van der Waals surface area (Å²) in [6, 6.07) is 3.43. The number of carbonyl (C=O) groups excluding carboxylic acids is 1. The predicted molar refractivity (Wildman–Crippen MR) is 65.4 cm³/mol. The fraction of sp³-hybridized carbons (Fsp3) is 0.300. The number of hydrogen-bond donors (Lipinski definition) is 2. The zero-order chi connectivity index (χ0) is 12.8. The number of nitrogens with one attached hydrogen (secondary N) is 2. The summed E-state index contributed by atoms with van der Waals surface area (Å²) >= 11 is 5.81. The van der Waals surface area contributed by atoms with Crippen molar-refractivity contribution in [3.63, 3.8) is 0 Å². The molecule has 0 atom stereocenters. The van der Waals surface area contributed by atoms with Crippen molar-refractivity contribution in [2.24, 2.45) is 0 Å². The summed E-state index contributed by atoms with van der Waals surface area (Å²) in [7, 11) is 0. The maximum Gasteiger partial charge on any atom is 0.319 e. The van der Waals surface area contributed by atoms with E-state index in [9.17, 15) is 14.9 Å². The van der Waals surface area contributed by atoms with E-state index in [0.717, 1.165) is 6.42 Å². The molecule has 17 heavy (non-hydrogen) atoms. The molecule has 0 saturated carbocycles. The maximum absolute atomic E-state index is 11.4. The summed E-state index contributed by atoms with van der Waals surface area (Å²) < 4.78 is 0. The molecule has 2 N–H and O–H groups in total. The Hall–Kier alpha value is -1.82. The summed E-state index contributed by atoms with van der Waals surface area (Å²) in [6.07, 6.45) is 0.802. The Labute approximate surface area is 103 Å². The van der Waals surface area contributed by atoms with Crippen LogP contribution in [0.2, 0.25) is 5.02 Å². The average Bonchev–Trinajstić information content (AvgIpc) is 2.29. The van der Waals surface area contributed by atoms with E-state index in [1.807, 2.05) is 6.92 Å². The first-order valence-corrected chi connectivity index (χ1v) is 5.41. The van der Waals surface area contributed by atoms with E-state index in [1.54, 1.807) is 0 Å². The first kappa shape index (κ1) is 13.2. The van der Waals surface area contributed by atoms with Crippen LogP contribution >= 0.6 is 11.6 Å². The van der Waals surface area contributed by atoms with Crippen molar-refractivity contribution < 1.29 is 9.72 Å². The predicted octanol–water partition coefficient (Wildman–Crippen LogP) is 2.78. The van der Waals surface area contributed by atoms with Gasteiger partial charge < -0.3 is 10.6 Å². The van der Waals surface area contributed by atoms with Gasteiger partial charge in [0.1, 0.15) is 0 Å². The molecule has 1 aromatic rings. The van der Waals surface area contributed by atoms with Crippen LogP contribution in [-0.4, -0.2) is 17.5 Å². The van der Waals surface area contributed by atoms with E-state index in [1.165, 1.54) is 18.2 Å². The van der Waals surface area contributed by atoms with Crippen molar-refractivity contribution in [1.82, 2.24) is 5.32 Å². The molecule has 0 spiro atoms. The third-order valence-corrected chi connectivity index (χ3v) is 2.27. The molecule has 0 unspecified atom stereocenters. The quantitative estimate of drug-likeness (QED) is 0.642. The number of non-ortho nitro benzene ring substituents is 1. The van der Waals surface area contributed by atoms with Crippen molar-refractivity contribution in [2.45, 2.75) is 13.3 Å². The molecule has 0 aliphatic carbocycles. The molecule has 0 fully saturated rings. The van der Waals surface area contributed by atoms with Gasteiger partial charge >= 0.3 is 6.03 Å².